The molecule has 0 saturated carbocycles. The van der Waals surface area contributed by atoms with Gasteiger partial charge in [0.15, 0.2) is 5.01 Å². The van der Waals surface area contributed by atoms with E-state index in [1.165, 1.54) is 23.5 Å². The minimum absolute atomic E-state index is 0.174. The van der Waals surface area contributed by atoms with Crippen LogP contribution in [0.4, 0.5) is 0 Å². The van der Waals surface area contributed by atoms with Crippen LogP contribution >= 0.6 is 11.3 Å². The van der Waals surface area contributed by atoms with E-state index >= 15 is 0 Å². The van der Waals surface area contributed by atoms with E-state index in [9.17, 15) is 14.7 Å². The molecule has 2 heterocycles. The first kappa shape index (κ1) is 23.5. The van der Waals surface area contributed by atoms with E-state index in [-0.39, 0.29) is 11.6 Å². The molecule has 8 nitrogen and oxygen atoms in total. The number of aliphatic hydroxyl groups is 1. The maximum atomic E-state index is 12.5. The number of nitrogens with zero attached hydrogens (tertiary/aromatic N) is 2. The summed E-state index contributed by atoms with van der Waals surface area (Å²) in [6, 6.07) is 14.9. The number of hydrogen-bond acceptors (Lipinski definition) is 8. The van der Waals surface area contributed by atoms with Crippen LogP contribution in [0.2, 0.25) is 0 Å². The number of methoxy groups -OCH3 is 2. The van der Waals surface area contributed by atoms with Crippen molar-refractivity contribution < 1.29 is 28.9 Å². The van der Waals surface area contributed by atoms with Crippen molar-refractivity contribution in [1.29, 1.82) is 0 Å². The van der Waals surface area contributed by atoms with Crippen molar-refractivity contribution in [3.63, 3.8) is 0 Å². The van der Waals surface area contributed by atoms with Crippen LogP contribution in [0.25, 0.3) is 21.7 Å². The van der Waals surface area contributed by atoms with Crippen molar-refractivity contribution in [3.8, 4) is 33.2 Å². The van der Waals surface area contributed by atoms with Crippen LogP contribution in [0.1, 0.15) is 11.9 Å². The molecule has 3 aromatic rings. The lowest BCUT2D eigenvalue weighted by molar-refractivity contribution is -0.159. The van der Waals surface area contributed by atoms with E-state index in [1.54, 1.807) is 21.1 Å². The van der Waals surface area contributed by atoms with E-state index in [2.05, 4.69) is 0 Å². The highest BCUT2D eigenvalue weighted by Gasteiger charge is 2.45. The second-order valence-electron chi connectivity index (χ2n) is 7.44. The molecule has 1 unspecified atom stereocenters. The molecule has 1 aromatic heterocycles. The van der Waals surface area contributed by atoms with Gasteiger partial charge in [-0.3, -0.25) is 14.5 Å². The lowest BCUT2D eigenvalue weighted by Gasteiger charge is -2.30. The summed E-state index contributed by atoms with van der Waals surface area (Å²) < 4.78 is 15.5. The fourth-order valence-electron chi connectivity index (χ4n) is 3.62. The molecule has 1 aliphatic heterocycles. The van der Waals surface area contributed by atoms with Crippen molar-refractivity contribution in [2.24, 2.45) is 0 Å². The van der Waals surface area contributed by atoms with Gasteiger partial charge in [0, 0.05) is 11.6 Å². The molecule has 0 aliphatic carbocycles. The van der Waals surface area contributed by atoms with E-state index in [0.717, 1.165) is 20.9 Å². The SMILES string of the molecule is CCOC(=O)CN1C(=O)C=CC1(O)c1nc(-c2ccc(OC)cc2)c(-c2ccc(OC)cc2)s1. The molecule has 0 radical (unpaired) electrons. The Morgan fingerprint density at radius 1 is 1.03 bits per heavy atom. The zero-order valence-electron chi connectivity index (χ0n) is 19.0. The Hall–Kier alpha value is -3.69. The minimum Gasteiger partial charge on any atom is -0.497 e. The standard InChI is InChI=1S/C25H24N2O6S/c1-4-33-21(29)15-27-20(28)13-14-25(27,30)24-26-22(16-5-9-18(31-2)10-6-16)23(34-24)17-7-11-19(32-3)12-8-17/h5-14,30H,4,15H2,1-3H3. The van der Waals surface area contributed by atoms with Crippen LogP contribution in [-0.2, 0) is 20.1 Å². The van der Waals surface area contributed by atoms with E-state index in [4.69, 9.17) is 19.2 Å². The zero-order valence-corrected chi connectivity index (χ0v) is 19.8. The third-order valence-electron chi connectivity index (χ3n) is 5.39. The van der Waals surface area contributed by atoms with Gasteiger partial charge in [-0.25, -0.2) is 4.98 Å². The number of aromatic nitrogens is 1. The Morgan fingerprint density at radius 3 is 2.18 bits per heavy atom. The number of rotatable bonds is 8. The second-order valence-corrected chi connectivity index (χ2v) is 8.44. The van der Waals surface area contributed by atoms with Gasteiger partial charge >= 0.3 is 5.97 Å². The zero-order chi connectivity index (χ0) is 24.3. The van der Waals surface area contributed by atoms with E-state index in [1.807, 2.05) is 48.5 Å². The quantitative estimate of drug-likeness (QED) is 0.492. The summed E-state index contributed by atoms with van der Waals surface area (Å²) in [5.74, 6) is 0.305. The molecular formula is C25H24N2O6S. The van der Waals surface area contributed by atoms with E-state index in [0.29, 0.717) is 17.2 Å². The summed E-state index contributed by atoms with van der Waals surface area (Å²) in [6.45, 7) is 1.45. The molecule has 2 aromatic carbocycles. The Kier molecular flexibility index (Phi) is 6.67. The summed E-state index contributed by atoms with van der Waals surface area (Å²) in [6.07, 6.45) is 2.59. The molecule has 34 heavy (non-hydrogen) atoms. The van der Waals surface area contributed by atoms with Crippen molar-refractivity contribution in [1.82, 2.24) is 9.88 Å². The van der Waals surface area contributed by atoms with Crippen LogP contribution in [0.5, 0.6) is 11.5 Å². The molecule has 0 fully saturated rings. The van der Waals surface area contributed by atoms with Crippen molar-refractivity contribution in [3.05, 3.63) is 65.7 Å². The fraction of sp³-hybridized carbons (Fsp3) is 0.240. The van der Waals surface area contributed by atoms with Gasteiger partial charge in [-0.05, 0) is 67.1 Å². The summed E-state index contributed by atoms with van der Waals surface area (Å²) in [5.41, 5.74) is 0.428. The number of carbonyl (C=O) groups is 2. The van der Waals surface area contributed by atoms with Crippen molar-refractivity contribution in [2.75, 3.05) is 27.4 Å². The van der Waals surface area contributed by atoms with E-state index < -0.39 is 24.1 Å². The first-order chi connectivity index (χ1) is 16.4. The maximum Gasteiger partial charge on any atom is 0.325 e. The normalized spacial score (nSPS) is 17.2. The van der Waals surface area contributed by atoms with Crippen LogP contribution < -0.4 is 9.47 Å². The van der Waals surface area contributed by atoms with Gasteiger partial charge in [0.2, 0.25) is 11.6 Å². The predicted molar refractivity (Wildman–Crippen MR) is 127 cm³/mol. The van der Waals surface area contributed by atoms with Crippen LogP contribution in [0.3, 0.4) is 0 Å². The monoisotopic (exact) mass is 480 g/mol. The first-order valence-corrected chi connectivity index (χ1v) is 11.4. The number of carbonyl (C=O) groups excluding carboxylic acids is 2. The third kappa shape index (κ3) is 4.40. The molecule has 1 aliphatic rings. The molecule has 1 atom stereocenters. The molecule has 0 spiro atoms. The predicted octanol–water partition coefficient (Wildman–Crippen LogP) is 3.60. The number of benzene rings is 2. The lowest BCUT2D eigenvalue weighted by atomic mass is 10.1. The number of amides is 1. The van der Waals surface area contributed by atoms with Gasteiger partial charge in [-0.15, -0.1) is 11.3 Å². The fourth-order valence-corrected chi connectivity index (χ4v) is 4.79. The van der Waals surface area contributed by atoms with Gasteiger partial charge in [-0.2, -0.15) is 0 Å². The number of esters is 1. The van der Waals surface area contributed by atoms with Gasteiger partial charge in [0.05, 0.1) is 31.4 Å². The molecule has 176 valence electrons. The summed E-state index contributed by atoms with van der Waals surface area (Å²) in [5, 5.41) is 11.8. The highest BCUT2D eigenvalue weighted by molar-refractivity contribution is 7.15. The summed E-state index contributed by atoms with van der Waals surface area (Å²) >= 11 is 1.24. The molecule has 0 saturated heterocycles. The third-order valence-corrected chi connectivity index (χ3v) is 6.60. The molecule has 1 N–H and O–H groups in total. The average Bonchev–Trinajstić information content (AvgIpc) is 3.43. The van der Waals surface area contributed by atoms with Crippen LogP contribution in [0.15, 0.2) is 60.7 Å². The largest absolute Gasteiger partial charge is 0.497 e. The highest BCUT2D eigenvalue weighted by Crippen LogP contribution is 2.43. The number of ether oxygens (including phenoxy) is 3. The highest BCUT2D eigenvalue weighted by atomic mass is 32.1. The number of thiazole rings is 1. The average molecular weight is 481 g/mol. The smallest absolute Gasteiger partial charge is 0.325 e. The molecular weight excluding hydrogens is 456 g/mol. The van der Waals surface area contributed by atoms with Gasteiger partial charge in [-0.1, -0.05) is 0 Å². The summed E-state index contributed by atoms with van der Waals surface area (Å²) in [7, 11) is 3.19. The minimum atomic E-state index is -1.87. The Bertz CT molecular complexity index is 1150. The Labute approximate surface area is 201 Å². The molecule has 0 bridgehead atoms. The van der Waals surface area contributed by atoms with Crippen molar-refractivity contribution >= 4 is 23.2 Å². The molecule has 1 amide bonds. The second kappa shape index (κ2) is 9.66. The van der Waals surface area contributed by atoms with Gasteiger partial charge in [0.1, 0.15) is 18.0 Å². The van der Waals surface area contributed by atoms with Crippen molar-refractivity contribution in [2.45, 2.75) is 12.6 Å². The Morgan fingerprint density at radius 2 is 1.62 bits per heavy atom. The molecule has 9 heteroatoms. The molecule has 4 rings (SSSR count). The first-order valence-electron chi connectivity index (χ1n) is 10.6. The summed E-state index contributed by atoms with van der Waals surface area (Å²) in [4.78, 5) is 31.2. The number of hydrogen-bond donors (Lipinski definition) is 1. The maximum absolute atomic E-state index is 12.5. The van der Waals surface area contributed by atoms with Crippen LogP contribution in [-0.4, -0.2) is 54.2 Å². The van der Waals surface area contributed by atoms with Gasteiger partial charge < -0.3 is 19.3 Å². The Balaban J connectivity index is 1.81. The topological polar surface area (TPSA) is 98.2 Å². The van der Waals surface area contributed by atoms with Gasteiger partial charge in [0.25, 0.3) is 0 Å². The van der Waals surface area contributed by atoms with Crippen LogP contribution in [0, 0.1) is 0 Å². The lowest BCUT2D eigenvalue weighted by Crippen LogP contribution is -2.46.